The molecule has 1 heterocycles. The lowest BCUT2D eigenvalue weighted by Gasteiger charge is -2.21. The van der Waals surface area contributed by atoms with Gasteiger partial charge in [0.25, 0.3) is 11.8 Å². The van der Waals surface area contributed by atoms with Crippen LogP contribution < -0.4 is 0 Å². The number of fused-ring (bicyclic) bond motifs is 1. The molecule has 3 rings (SSSR count). The number of carbonyl (C=O) groups is 3. The van der Waals surface area contributed by atoms with Gasteiger partial charge in [-0.2, -0.15) is 0 Å². The second-order valence-electron chi connectivity index (χ2n) is 5.03. The van der Waals surface area contributed by atoms with Crippen LogP contribution in [0.4, 0.5) is 0 Å². The van der Waals surface area contributed by atoms with Crippen molar-refractivity contribution < 1.29 is 19.5 Å². The molecule has 2 aliphatic rings. The fourth-order valence-electron chi connectivity index (χ4n) is 2.96. The highest BCUT2D eigenvalue weighted by atomic mass is 16.4. The maximum atomic E-state index is 12.2. The summed E-state index contributed by atoms with van der Waals surface area (Å²) in [4.78, 5) is 36.7. The van der Waals surface area contributed by atoms with Crippen LogP contribution in [0, 0.1) is 5.92 Å². The minimum Gasteiger partial charge on any atom is -0.481 e. The fraction of sp³-hybridized carbons (Fsp3) is 0.357. The number of carboxylic acids is 1. The molecule has 0 aromatic heterocycles. The van der Waals surface area contributed by atoms with E-state index in [4.69, 9.17) is 5.11 Å². The van der Waals surface area contributed by atoms with Crippen LogP contribution in [-0.4, -0.2) is 33.8 Å². The summed E-state index contributed by atoms with van der Waals surface area (Å²) in [6.45, 7) is 0. The van der Waals surface area contributed by atoms with Gasteiger partial charge >= 0.3 is 5.97 Å². The third kappa shape index (κ3) is 1.73. The highest BCUT2D eigenvalue weighted by molar-refractivity contribution is 6.21. The molecule has 2 atom stereocenters. The van der Waals surface area contributed by atoms with Gasteiger partial charge in [-0.05, 0) is 31.4 Å². The number of nitrogens with zero attached hydrogens (tertiary/aromatic N) is 1. The Morgan fingerprint density at radius 2 is 1.68 bits per heavy atom. The summed E-state index contributed by atoms with van der Waals surface area (Å²) in [6, 6.07) is 6.44. The molecule has 1 aromatic rings. The number of carbonyl (C=O) groups excluding carboxylic acids is 2. The van der Waals surface area contributed by atoms with Crippen molar-refractivity contribution in [3.8, 4) is 0 Å². The third-order valence-corrected chi connectivity index (χ3v) is 3.94. The molecule has 98 valence electrons. The lowest BCUT2D eigenvalue weighted by Crippen LogP contribution is -2.38. The number of amides is 2. The SMILES string of the molecule is O=C(O)[C@H]1CC[C@@H](N2C(=O)c3ccccc3C2=O)C1. The average molecular weight is 259 g/mol. The predicted molar refractivity (Wildman–Crippen MR) is 65.7 cm³/mol. The Morgan fingerprint density at radius 1 is 1.11 bits per heavy atom. The van der Waals surface area contributed by atoms with Gasteiger partial charge in [0.2, 0.25) is 0 Å². The first-order valence-corrected chi connectivity index (χ1v) is 6.29. The van der Waals surface area contributed by atoms with Gasteiger partial charge in [-0.25, -0.2) is 0 Å². The highest BCUT2D eigenvalue weighted by Gasteiger charge is 2.43. The van der Waals surface area contributed by atoms with E-state index in [1.54, 1.807) is 24.3 Å². The summed E-state index contributed by atoms with van der Waals surface area (Å²) in [5, 5.41) is 8.99. The molecule has 1 aliphatic heterocycles. The molecule has 0 unspecified atom stereocenters. The Hall–Kier alpha value is -2.17. The number of aliphatic carboxylic acids is 1. The van der Waals surface area contributed by atoms with Gasteiger partial charge in [0.15, 0.2) is 0 Å². The van der Waals surface area contributed by atoms with E-state index in [9.17, 15) is 14.4 Å². The minimum absolute atomic E-state index is 0.284. The Morgan fingerprint density at radius 3 is 2.16 bits per heavy atom. The molecule has 1 saturated carbocycles. The summed E-state index contributed by atoms with van der Waals surface area (Å²) in [6.07, 6.45) is 1.46. The van der Waals surface area contributed by atoms with Crippen molar-refractivity contribution in [2.45, 2.75) is 25.3 Å². The zero-order valence-corrected chi connectivity index (χ0v) is 10.2. The van der Waals surface area contributed by atoms with Gasteiger partial charge in [0, 0.05) is 6.04 Å². The predicted octanol–water partition coefficient (Wildman–Crippen LogP) is 1.54. The summed E-state index contributed by atoms with van der Waals surface area (Å²) in [7, 11) is 0. The van der Waals surface area contributed by atoms with Crippen molar-refractivity contribution >= 4 is 17.8 Å². The van der Waals surface area contributed by atoms with E-state index in [0.717, 1.165) is 0 Å². The normalized spacial score (nSPS) is 25.8. The van der Waals surface area contributed by atoms with Crippen LogP contribution in [0.3, 0.4) is 0 Å². The fourth-order valence-corrected chi connectivity index (χ4v) is 2.96. The van der Waals surface area contributed by atoms with E-state index >= 15 is 0 Å². The van der Waals surface area contributed by atoms with Gasteiger partial charge in [0.1, 0.15) is 0 Å². The van der Waals surface area contributed by atoms with Crippen molar-refractivity contribution in [1.29, 1.82) is 0 Å². The molecule has 0 bridgehead atoms. The Balaban J connectivity index is 1.87. The molecule has 19 heavy (non-hydrogen) atoms. The van der Waals surface area contributed by atoms with Gasteiger partial charge in [-0.3, -0.25) is 19.3 Å². The Kier molecular flexibility index (Phi) is 2.62. The molecule has 5 nitrogen and oxygen atoms in total. The summed E-state index contributed by atoms with van der Waals surface area (Å²) >= 11 is 0. The molecule has 5 heteroatoms. The first-order valence-electron chi connectivity index (χ1n) is 6.29. The standard InChI is InChI=1S/C14H13NO4/c16-12-10-3-1-2-4-11(10)13(17)15(12)9-6-5-8(7-9)14(18)19/h1-4,8-9H,5-7H2,(H,18,19)/t8-,9+/m0/s1. The van der Waals surface area contributed by atoms with Crippen LogP contribution >= 0.6 is 0 Å². The van der Waals surface area contributed by atoms with Gasteiger partial charge in [0.05, 0.1) is 17.0 Å². The molecular formula is C14H13NO4. The number of benzene rings is 1. The molecule has 2 amide bonds. The van der Waals surface area contributed by atoms with Crippen molar-refractivity contribution in [3.63, 3.8) is 0 Å². The number of hydrogen-bond donors (Lipinski definition) is 1. The van der Waals surface area contributed by atoms with E-state index in [1.165, 1.54) is 4.90 Å². The van der Waals surface area contributed by atoms with Crippen LogP contribution in [0.2, 0.25) is 0 Å². The van der Waals surface area contributed by atoms with Crippen LogP contribution in [0.5, 0.6) is 0 Å². The molecule has 0 spiro atoms. The van der Waals surface area contributed by atoms with Gasteiger partial charge in [-0.15, -0.1) is 0 Å². The van der Waals surface area contributed by atoms with Gasteiger partial charge in [-0.1, -0.05) is 12.1 Å². The van der Waals surface area contributed by atoms with E-state index in [1.807, 2.05) is 0 Å². The zero-order chi connectivity index (χ0) is 13.6. The average Bonchev–Trinajstić information content (AvgIpc) is 2.96. The second-order valence-corrected chi connectivity index (χ2v) is 5.03. The number of hydrogen-bond acceptors (Lipinski definition) is 3. The summed E-state index contributed by atoms with van der Waals surface area (Å²) in [5.74, 6) is -1.89. The largest absolute Gasteiger partial charge is 0.481 e. The summed E-state index contributed by atoms with van der Waals surface area (Å²) in [5.41, 5.74) is 0.845. The smallest absolute Gasteiger partial charge is 0.306 e. The highest BCUT2D eigenvalue weighted by Crippen LogP contribution is 2.34. The molecule has 1 N–H and O–H groups in total. The maximum Gasteiger partial charge on any atom is 0.306 e. The van der Waals surface area contributed by atoms with E-state index in [0.29, 0.717) is 30.4 Å². The first kappa shape index (κ1) is 11.9. The number of imide groups is 1. The molecule has 1 aromatic carbocycles. The molecule has 1 fully saturated rings. The molecule has 0 saturated heterocycles. The maximum absolute atomic E-state index is 12.2. The van der Waals surface area contributed by atoms with Crippen molar-refractivity contribution in [2.24, 2.45) is 5.92 Å². The molecule has 0 radical (unpaired) electrons. The topological polar surface area (TPSA) is 74.7 Å². The third-order valence-electron chi connectivity index (χ3n) is 3.94. The number of carboxylic acid groups (broad SMARTS) is 1. The monoisotopic (exact) mass is 259 g/mol. The lowest BCUT2D eigenvalue weighted by atomic mass is 10.1. The Bertz CT molecular complexity index is 546. The quantitative estimate of drug-likeness (QED) is 0.817. The van der Waals surface area contributed by atoms with Crippen LogP contribution in [0.25, 0.3) is 0 Å². The van der Waals surface area contributed by atoms with Crippen LogP contribution in [-0.2, 0) is 4.79 Å². The van der Waals surface area contributed by atoms with Crippen LogP contribution in [0.1, 0.15) is 40.0 Å². The van der Waals surface area contributed by atoms with E-state index < -0.39 is 11.9 Å². The van der Waals surface area contributed by atoms with Crippen molar-refractivity contribution in [1.82, 2.24) is 4.90 Å². The van der Waals surface area contributed by atoms with Crippen LogP contribution in [0.15, 0.2) is 24.3 Å². The lowest BCUT2D eigenvalue weighted by molar-refractivity contribution is -0.141. The van der Waals surface area contributed by atoms with Crippen molar-refractivity contribution in [2.75, 3.05) is 0 Å². The van der Waals surface area contributed by atoms with E-state index in [2.05, 4.69) is 0 Å². The first-order chi connectivity index (χ1) is 9.09. The minimum atomic E-state index is -0.848. The van der Waals surface area contributed by atoms with E-state index in [-0.39, 0.29) is 17.9 Å². The number of rotatable bonds is 2. The second kappa shape index (κ2) is 4.19. The summed E-state index contributed by atoms with van der Waals surface area (Å²) < 4.78 is 0. The molecular weight excluding hydrogens is 246 g/mol. The zero-order valence-electron chi connectivity index (χ0n) is 10.2. The Labute approximate surface area is 109 Å². The van der Waals surface area contributed by atoms with Crippen molar-refractivity contribution in [3.05, 3.63) is 35.4 Å². The van der Waals surface area contributed by atoms with Gasteiger partial charge < -0.3 is 5.11 Å². The molecule has 1 aliphatic carbocycles.